The highest BCUT2D eigenvalue weighted by molar-refractivity contribution is 5.17. The summed E-state index contributed by atoms with van der Waals surface area (Å²) in [6.07, 6.45) is 1.07. The lowest BCUT2D eigenvalue weighted by Crippen LogP contribution is -2.20. The van der Waals surface area contributed by atoms with Crippen molar-refractivity contribution in [1.82, 2.24) is 4.90 Å². The van der Waals surface area contributed by atoms with Crippen molar-refractivity contribution in [3.05, 3.63) is 71.8 Å². The molecule has 0 aliphatic carbocycles. The summed E-state index contributed by atoms with van der Waals surface area (Å²) in [7, 11) is 0. The van der Waals surface area contributed by atoms with Crippen LogP contribution in [-0.2, 0) is 13.0 Å². The largest absolute Gasteiger partial charge is 0.396 e. The van der Waals surface area contributed by atoms with Crippen LogP contribution in [0.2, 0.25) is 0 Å². The number of aliphatic hydroxyl groups is 1. The van der Waals surface area contributed by atoms with Gasteiger partial charge in [0.15, 0.2) is 0 Å². The zero-order valence-corrected chi connectivity index (χ0v) is 12.4. The lowest BCUT2D eigenvalue weighted by atomic mass is 9.90. The molecule has 2 heteroatoms. The fourth-order valence-corrected chi connectivity index (χ4v) is 3.36. The van der Waals surface area contributed by atoms with Crippen molar-refractivity contribution in [2.24, 2.45) is 11.8 Å². The first-order valence-electron chi connectivity index (χ1n) is 7.76. The summed E-state index contributed by atoms with van der Waals surface area (Å²) in [5.74, 6) is 0.954. The molecule has 1 N–H and O–H groups in total. The highest BCUT2D eigenvalue weighted by Crippen LogP contribution is 2.27. The molecule has 1 saturated heterocycles. The molecule has 1 aliphatic heterocycles. The van der Waals surface area contributed by atoms with Crippen LogP contribution < -0.4 is 0 Å². The lowest BCUT2D eigenvalue weighted by Gasteiger charge is -2.16. The Morgan fingerprint density at radius 3 is 2.00 bits per heavy atom. The molecular weight excluding hydrogens is 258 g/mol. The molecule has 0 aromatic heterocycles. The number of likely N-dealkylation sites (tertiary alicyclic amines) is 1. The summed E-state index contributed by atoms with van der Waals surface area (Å²) in [6.45, 7) is 3.36. The number of rotatable bonds is 5. The molecule has 0 radical (unpaired) electrons. The second kappa shape index (κ2) is 6.88. The fraction of sp³-hybridized carbons (Fsp3) is 0.368. The van der Waals surface area contributed by atoms with Crippen LogP contribution in [0.25, 0.3) is 0 Å². The summed E-state index contributed by atoms with van der Waals surface area (Å²) in [5.41, 5.74) is 2.73. The zero-order chi connectivity index (χ0) is 14.5. The summed E-state index contributed by atoms with van der Waals surface area (Å²) in [6, 6.07) is 21.2. The first kappa shape index (κ1) is 14.3. The smallest absolute Gasteiger partial charge is 0.0474 e. The zero-order valence-electron chi connectivity index (χ0n) is 12.4. The quantitative estimate of drug-likeness (QED) is 0.911. The van der Waals surface area contributed by atoms with E-state index in [0.717, 1.165) is 26.1 Å². The van der Waals surface area contributed by atoms with Gasteiger partial charge in [-0.15, -0.1) is 0 Å². The number of nitrogens with zero attached hydrogens (tertiary/aromatic N) is 1. The average molecular weight is 281 g/mol. The Labute approximate surface area is 127 Å². The topological polar surface area (TPSA) is 23.5 Å². The van der Waals surface area contributed by atoms with Crippen molar-refractivity contribution in [3.8, 4) is 0 Å². The van der Waals surface area contributed by atoms with Crippen LogP contribution in [0.1, 0.15) is 11.1 Å². The first-order chi connectivity index (χ1) is 10.3. The van der Waals surface area contributed by atoms with Crippen LogP contribution in [0.3, 0.4) is 0 Å². The van der Waals surface area contributed by atoms with Gasteiger partial charge in [0.05, 0.1) is 0 Å². The number of benzene rings is 2. The maximum atomic E-state index is 9.67. The summed E-state index contributed by atoms with van der Waals surface area (Å²) in [5, 5.41) is 9.67. The Balaban J connectivity index is 1.63. The van der Waals surface area contributed by atoms with Crippen LogP contribution in [0.15, 0.2) is 60.7 Å². The van der Waals surface area contributed by atoms with E-state index in [4.69, 9.17) is 0 Å². The van der Waals surface area contributed by atoms with Crippen molar-refractivity contribution in [1.29, 1.82) is 0 Å². The molecule has 21 heavy (non-hydrogen) atoms. The second-order valence-electron chi connectivity index (χ2n) is 6.07. The normalized spacial score (nSPS) is 22.5. The molecule has 2 nitrogen and oxygen atoms in total. The van der Waals surface area contributed by atoms with Gasteiger partial charge in [-0.2, -0.15) is 0 Å². The Kier molecular flexibility index (Phi) is 4.69. The van der Waals surface area contributed by atoms with Crippen LogP contribution in [0.5, 0.6) is 0 Å². The van der Waals surface area contributed by atoms with Crippen LogP contribution >= 0.6 is 0 Å². The minimum atomic E-state index is 0.294. The van der Waals surface area contributed by atoms with E-state index in [-0.39, 0.29) is 0 Å². The number of hydrogen-bond acceptors (Lipinski definition) is 2. The van der Waals surface area contributed by atoms with Crippen LogP contribution in [0.4, 0.5) is 0 Å². The van der Waals surface area contributed by atoms with Gasteiger partial charge >= 0.3 is 0 Å². The summed E-state index contributed by atoms with van der Waals surface area (Å²) >= 11 is 0. The molecule has 2 atom stereocenters. The van der Waals surface area contributed by atoms with E-state index in [2.05, 4.69) is 65.6 Å². The van der Waals surface area contributed by atoms with Crippen LogP contribution in [0, 0.1) is 11.8 Å². The predicted molar refractivity (Wildman–Crippen MR) is 85.9 cm³/mol. The van der Waals surface area contributed by atoms with Crippen molar-refractivity contribution in [2.75, 3.05) is 19.7 Å². The van der Waals surface area contributed by atoms with Crippen molar-refractivity contribution in [2.45, 2.75) is 13.0 Å². The standard InChI is InChI=1S/C19H23NO/c21-15-19-14-20(12-17-9-5-2-6-10-17)13-18(19)11-16-7-3-1-4-8-16/h1-10,18-19,21H,11-15H2/t18-,19+/m0/s1. The molecule has 2 aromatic rings. The molecule has 0 bridgehead atoms. The molecule has 3 rings (SSSR count). The van der Waals surface area contributed by atoms with Gasteiger partial charge in [-0.05, 0) is 29.4 Å². The lowest BCUT2D eigenvalue weighted by molar-refractivity contribution is 0.199. The third-order valence-corrected chi connectivity index (χ3v) is 4.48. The van der Waals surface area contributed by atoms with E-state index in [9.17, 15) is 5.11 Å². The maximum Gasteiger partial charge on any atom is 0.0474 e. The first-order valence-corrected chi connectivity index (χ1v) is 7.76. The van der Waals surface area contributed by atoms with Gasteiger partial charge in [-0.1, -0.05) is 60.7 Å². The van der Waals surface area contributed by atoms with Gasteiger partial charge in [0, 0.05) is 26.2 Å². The van der Waals surface area contributed by atoms with Gasteiger partial charge in [0.25, 0.3) is 0 Å². The maximum absolute atomic E-state index is 9.67. The fourth-order valence-electron chi connectivity index (χ4n) is 3.36. The van der Waals surface area contributed by atoms with Crippen molar-refractivity contribution < 1.29 is 5.11 Å². The monoisotopic (exact) mass is 281 g/mol. The molecule has 0 amide bonds. The third-order valence-electron chi connectivity index (χ3n) is 4.48. The Morgan fingerprint density at radius 2 is 1.38 bits per heavy atom. The second-order valence-corrected chi connectivity index (χ2v) is 6.07. The van der Waals surface area contributed by atoms with Crippen molar-refractivity contribution >= 4 is 0 Å². The van der Waals surface area contributed by atoms with Gasteiger partial charge < -0.3 is 5.11 Å². The molecule has 0 spiro atoms. The molecule has 0 unspecified atom stereocenters. The minimum absolute atomic E-state index is 0.294. The van der Waals surface area contributed by atoms with Crippen LogP contribution in [-0.4, -0.2) is 29.7 Å². The Morgan fingerprint density at radius 1 is 0.810 bits per heavy atom. The Hall–Kier alpha value is -1.64. The molecule has 1 fully saturated rings. The third kappa shape index (κ3) is 3.72. The SMILES string of the molecule is OC[C@H]1CN(Cc2ccccc2)C[C@@H]1Cc1ccccc1. The minimum Gasteiger partial charge on any atom is -0.396 e. The number of aliphatic hydroxyl groups excluding tert-OH is 1. The van der Waals surface area contributed by atoms with E-state index < -0.39 is 0 Å². The van der Waals surface area contributed by atoms with E-state index in [1.54, 1.807) is 0 Å². The Bertz CT molecular complexity index is 540. The van der Waals surface area contributed by atoms with E-state index in [0.29, 0.717) is 18.4 Å². The highest BCUT2D eigenvalue weighted by atomic mass is 16.3. The molecule has 1 heterocycles. The molecule has 0 saturated carbocycles. The van der Waals surface area contributed by atoms with Gasteiger partial charge in [0.2, 0.25) is 0 Å². The highest BCUT2D eigenvalue weighted by Gasteiger charge is 2.31. The average Bonchev–Trinajstić information content (AvgIpc) is 2.91. The van der Waals surface area contributed by atoms with Crippen molar-refractivity contribution in [3.63, 3.8) is 0 Å². The van der Waals surface area contributed by atoms with Gasteiger partial charge in [-0.3, -0.25) is 4.90 Å². The van der Waals surface area contributed by atoms with E-state index in [1.807, 2.05) is 0 Å². The molecular formula is C19H23NO. The summed E-state index contributed by atoms with van der Waals surface area (Å²) < 4.78 is 0. The van der Waals surface area contributed by atoms with Gasteiger partial charge in [-0.25, -0.2) is 0 Å². The molecule has 1 aliphatic rings. The number of hydrogen-bond donors (Lipinski definition) is 1. The molecule has 2 aromatic carbocycles. The van der Waals surface area contributed by atoms with E-state index >= 15 is 0 Å². The molecule has 110 valence electrons. The van der Waals surface area contributed by atoms with E-state index in [1.165, 1.54) is 11.1 Å². The summed E-state index contributed by atoms with van der Waals surface area (Å²) in [4.78, 5) is 2.48. The van der Waals surface area contributed by atoms with Gasteiger partial charge in [0.1, 0.15) is 0 Å². The predicted octanol–water partition coefficient (Wildman–Crippen LogP) is 2.97.